The summed E-state index contributed by atoms with van der Waals surface area (Å²) in [5.41, 5.74) is -0.355. The summed E-state index contributed by atoms with van der Waals surface area (Å²) in [6.45, 7) is 0.410. The van der Waals surface area contributed by atoms with E-state index >= 15 is 0 Å². The molecule has 0 aliphatic heterocycles. The van der Waals surface area contributed by atoms with E-state index in [1.54, 1.807) is 0 Å². The highest BCUT2D eigenvalue weighted by molar-refractivity contribution is 5.88. The maximum atomic E-state index is 13.7. The summed E-state index contributed by atoms with van der Waals surface area (Å²) < 4.78 is 19.0. The van der Waals surface area contributed by atoms with Gasteiger partial charge in [0, 0.05) is 0 Å². The number of hydrogen-bond donors (Lipinski definition) is 1. The van der Waals surface area contributed by atoms with Crippen LogP contribution in [-0.2, 0) is 0 Å². The second kappa shape index (κ2) is 4.99. The van der Waals surface area contributed by atoms with Crippen molar-refractivity contribution in [1.82, 2.24) is 0 Å². The highest BCUT2D eigenvalue weighted by Crippen LogP contribution is 2.23. The number of halogens is 1. The first-order valence-electron chi connectivity index (χ1n) is 5.48. The lowest BCUT2D eigenvalue weighted by molar-refractivity contribution is 0.0690. The zero-order chi connectivity index (χ0) is 12.3. The predicted molar refractivity (Wildman–Crippen MR) is 60.7 cm³/mol. The van der Waals surface area contributed by atoms with Crippen LogP contribution in [-0.4, -0.2) is 17.7 Å². The first kappa shape index (κ1) is 11.6. The van der Waals surface area contributed by atoms with Crippen LogP contribution in [0.2, 0.25) is 0 Å². The standard InChI is InChI=1S/C13H13FO3/c14-12-10(13(15)16)6-3-7-11(12)17-8-9-4-1-2-5-9/h1-3,6-7,9H,4-5,8H2,(H,15,16). The van der Waals surface area contributed by atoms with Gasteiger partial charge < -0.3 is 9.84 Å². The molecule has 1 aromatic rings. The van der Waals surface area contributed by atoms with Crippen LogP contribution in [0.25, 0.3) is 0 Å². The van der Waals surface area contributed by atoms with Crippen LogP contribution in [0.15, 0.2) is 30.4 Å². The first-order chi connectivity index (χ1) is 8.18. The third-order valence-electron chi connectivity index (χ3n) is 2.77. The summed E-state index contributed by atoms with van der Waals surface area (Å²) in [5, 5.41) is 8.76. The zero-order valence-corrected chi connectivity index (χ0v) is 9.23. The Morgan fingerprint density at radius 2 is 2.12 bits per heavy atom. The zero-order valence-electron chi connectivity index (χ0n) is 9.23. The van der Waals surface area contributed by atoms with Crippen molar-refractivity contribution in [2.24, 2.45) is 5.92 Å². The molecule has 1 aromatic carbocycles. The van der Waals surface area contributed by atoms with E-state index in [4.69, 9.17) is 9.84 Å². The Labute approximate surface area is 98.5 Å². The van der Waals surface area contributed by atoms with E-state index in [9.17, 15) is 9.18 Å². The Morgan fingerprint density at radius 1 is 1.41 bits per heavy atom. The fourth-order valence-corrected chi connectivity index (χ4v) is 1.80. The molecule has 0 fully saturated rings. The Balaban J connectivity index is 2.05. The second-order valence-corrected chi connectivity index (χ2v) is 4.04. The molecule has 1 N–H and O–H groups in total. The van der Waals surface area contributed by atoms with Crippen molar-refractivity contribution in [2.75, 3.05) is 6.61 Å². The van der Waals surface area contributed by atoms with Gasteiger partial charge in [-0.25, -0.2) is 9.18 Å². The molecule has 2 rings (SSSR count). The molecule has 0 spiro atoms. The van der Waals surface area contributed by atoms with Crippen LogP contribution < -0.4 is 4.74 Å². The number of hydrogen-bond acceptors (Lipinski definition) is 2. The average molecular weight is 236 g/mol. The van der Waals surface area contributed by atoms with E-state index in [1.165, 1.54) is 18.2 Å². The molecule has 0 saturated heterocycles. The summed E-state index contributed by atoms with van der Waals surface area (Å²) in [5.74, 6) is -1.71. The molecule has 0 bridgehead atoms. The number of benzene rings is 1. The van der Waals surface area contributed by atoms with Crippen LogP contribution in [0.3, 0.4) is 0 Å². The molecular weight excluding hydrogens is 223 g/mol. The van der Waals surface area contributed by atoms with Crippen molar-refractivity contribution in [2.45, 2.75) is 12.8 Å². The van der Waals surface area contributed by atoms with Gasteiger partial charge in [0.15, 0.2) is 11.6 Å². The number of carbonyl (C=O) groups is 1. The first-order valence-corrected chi connectivity index (χ1v) is 5.48. The van der Waals surface area contributed by atoms with Gasteiger partial charge in [-0.05, 0) is 30.9 Å². The van der Waals surface area contributed by atoms with E-state index < -0.39 is 11.8 Å². The van der Waals surface area contributed by atoms with E-state index in [-0.39, 0.29) is 11.3 Å². The van der Waals surface area contributed by atoms with Crippen molar-refractivity contribution in [3.05, 3.63) is 41.7 Å². The number of carboxylic acid groups (broad SMARTS) is 1. The van der Waals surface area contributed by atoms with Gasteiger partial charge in [0.05, 0.1) is 12.2 Å². The van der Waals surface area contributed by atoms with Gasteiger partial charge in [0.25, 0.3) is 0 Å². The SMILES string of the molecule is O=C(O)c1cccc(OCC2CC=CC2)c1F. The van der Waals surface area contributed by atoms with Crippen LogP contribution in [0.1, 0.15) is 23.2 Å². The Hall–Kier alpha value is -1.84. The molecule has 0 radical (unpaired) electrons. The molecule has 0 heterocycles. The van der Waals surface area contributed by atoms with Crippen molar-refractivity contribution >= 4 is 5.97 Å². The van der Waals surface area contributed by atoms with E-state index in [1.807, 2.05) is 0 Å². The van der Waals surface area contributed by atoms with Gasteiger partial charge in [-0.3, -0.25) is 0 Å². The maximum Gasteiger partial charge on any atom is 0.338 e. The topological polar surface area (TPSA) is 46.5 Å². The van der Waals surface area contributed by atoms with E-state index in [2.05, 4.69) is 12.2 Å². The number of ether oxygens (including phenoxy) is 1. The van der Waals surface area contributed by atoms with Crippen LogP contribution in [0.4, 0.5) is 4.39 Å². The van der Waals surface area contributed by atoms with E-state index in [0.29, 0.717) is 12.5 Å². The molecule has 3 nitrogen and oxygen atoms in total. The Kier molecular flexibility index (Phi) is 3.42. The Morgan fingerprint density at radius 3 is 2.76 bits per heavy atom. The summed E-state index contributed by atoms with van der Waals surface area (Å²) in [7, 11) is 0. The maximum absolute atomic E-state index is 13.7. The number of aromatic carboxylic acids is 1. The smallest absolute Gasteiger partial charge is 0.338 e. The summed E-state index contributed by atoms with van der Waals surface area (Å²) in [6, 6.07) is 4.15. The quantitative estimate of drug-likeness (QED) is 0.817. The number of carboxylic acids is 1. The van der Waals surface area contributed by atoms with Gasteiger partial charge in [-0.1, -0.05) is 18.2 Å². The molecule has 1 aliphatic rings. The van der Waals surface area contributed by atoms with Gasteiger partial charge in [0.1, 0.15) is 0 Å². The highest BCUT2D eigenvalue weighted by Gasteiger charge is 2.16. The molecule has 90 valence electrons. The molecular formula is C13H13FO3. The van der Waals surface area contributed by atoms with Crippen LogP contribution in [0, 0.1) is 11.7 Å². The van der Waals surface area contributed by atoms with Crippen molar-refractivity contribution in [3.8, 4) is 5.75 Å². The molecule has 0 atom stereocenters. The second-order valence-electron chi connectivity index (χ2n) is 4.04. The van der Waals surface area contributed by atoms with Crippen molar-refractivity contribution in [3.63, 3.8) is 0 Å². The lowest BCUT2D eigenvalue weighted by Crippen LogP contribution is -2.10. The fourth-order valence-electron chi connectivity index (χ4n) is 1.80. The third kappa shape index (κ3) is 2.64. The third-order valence-corrected chi connectivity index (χ3v) is 2.77. The average Bonchev–Trinajstić information content (AvgIpc) is 2.80. The number of rotatable bonds is 4. The lowest BCUT2D eigenvalue weighted by atomic mass is 10.1. The lowest BCUT2D eigenvalue weighted by Gasteiger charge is -2.12. The van der Waals surface area contributed by atoms with Crippen molar-refractivity contribution < 1.29 is 19.0 Å². The minimum Gasteiger partial charge on any atom is -0.490 e. The molecule has 0 unspecified atom stereocenters. The summed E-state index contributed by atoms with van der Waals surface area (Å²) in [4.78, 5) is 10.7. The van der Waals surface area contributed by atoms with Gasteiger partial charge in [-0.15, -0.1) is 0 Å². The normalized spacial score (nSPS) is 15.1. The van der Waals surface area contributed by atoms with Gasteiger partial charge in [-0.2, -0.15) is 0 Å². The molecule has 1 aliphatic carbocycles. The largest absolute Gasteiger partial charge is 0.490 e. The summed E-state index contributed by atoms with van der Waals surface area (Å²) >= 11 is 0. The minimum absolute atomic E-state index is 0.0109. The summed E-state index contributed by atoms with van der Waals surface area (Å²) in [6.07, 6.45) is 6.00. The van der Waals surface area contributed by atoms with Crippen LogP contribution >= 0.6 is 0 Å². The molecule has 17 heavy (non-hydrogen) atoms. The molecule has 0 aromatic heterocycles. The predicted octanol–water partition coefficient (Wildman–Crippen LogP) is 2.87. The monoisotopic (exact) mass is 236 g/mol. The molecule has 4 heteroatoms. The van der Waals surface area contributed by atoms with Gasteiger partial charge >= 0.3 is 5.97 Å². The van der Waals surface area contributed by atoms with E-state index in [0.717, 1.165) is 12.8 Å². The fraction of sp³-hybridized carbons (Fsp3) is 0.308. The highest BCUT2D eigenvalue weighted by atomic mass is 19.1. The van der Waals surface area contributed by atoms with Gasteiger partial charge in [0.2, 0.25) is 0 Å². The minimum atomic E-state index is -1.28. The molecule has 0 saturated carbocycles. The Bertz CT molecular complexity index is 446. The van der Waals surface area contributed by atoms with Crippen LogP contribution in [0.5, 0.6) is 5.75 Å². The number of allylic oxidation sites excluding steroid dienone is 2. The molecule has 0 amide bonds. The van der Waals surface area contributed by atoms with Crippen molar-refractivity contribution in [1.29, 1.82) is 0 Å².